The van der Waals surface area contributed by atoms with Crippen LogP contribution in [-0.4, -0.2) is 26.2 Å². The zero-order valence-electron chi connectivity index (χ0n) is 12.6. The van der Waals surface area contributed by atoms with Crippen LogP contribution in [-0.2, 0) is 13.1 Å². The summed E-state index contributed by atoms with van der Waals surface area (Å²) in [4.78, 5) is 2.25. The number of ether oxygens (including phenoxy) is 2. The van der Waals surface area contributed by atoms with E-state index in [2.05, 4.69) is 40.0 Å². The maximum Gasteiger partial charge on any atom is 0.123 e. The van der Waals surface area contributed by atoms with Crippen LogP contribution in [0.1, 0.15) is 11.1 Å². The lowest BCUT2D eigenvalue weighted by atomic mass is 10.1. The minimum Gasteiger partial charge on any atom is -0.497 e. The van der Waals surface area contributed by atoms with E-state index in [4.69, 9.17) is 9.47 Å². The van der Waals surface area contributed by atoms with Gasteiger partial charge in [0.05, 0.1) is 14.2 Å². The molecule has 0 aromatic heterocycles. The molecule has 0 aliphatic heterocycles. The average Bonchev–Trinajstić information content (AvgIpc) is 2.50. The molecule has 0 saturated heterocycles. The normalized spacial score (nSPS) is 10.7. The van der Waals surface area contributed by atoms with E-state index in [0.29, 0.717) is 0 Å². The second-order valence-electron chi connectivity index (χ2n) is 4.94. The lowest BCUT2D eigenvalue weighted by Crippen LogP contribution is -2.18. The molecule has 0 bridgehead atoms. The molecule has 21 heavy (non-hydrogen) atoms. The highest BCUT2D eigenvalue weighted by Crippen LogP contribution is 2.25. The maximum absolute atomic E-state index is 5.40. The summed E-state index contributed by atoms with van der Waals surface area (Å²) in [6, 6.07) is 14.1. The average molecular weight is 350 g/mol. The Balaban J connectivity index is 2.09. The summed E-state index contributed by atoms with van der Waals surface area (Å²) in [7, 11) is 5.49. The highest BCUT2D eigenvalue weighted by molar-refractivity contribution is 9.10. The second kappa shape index (κ2) is 7.48. The topological polar surface area (TPSA) is 21.7 Å². The van der Waals surface area contributed by atoms with Crippen LogP contribution >= 0.6 is 15.9 Å². The Labute approximate surface area is 134 Å². The van der Waals surface area contributed by atoms with Gasteiger partial charge in [-0.15, -0.1) is 0 Å². The van der Waals surface area contributed by atoms with Crippen LogP contribution in [0.5, 0.6) is 11.5 Å². The van der Waals surface area contributed by atoms with Gasteiger partial charge in [-0.05, 0) is 36.9 Å². The van der Waals surface area contributed by atoms with Crippen LogP contribution < -0.4 is 9.47 Å². The highest BCUT2D eigenvalue weighted by Gasteiger charge is 2.09. The SMILES string of the molecule is COc1ccc(Br)c(CN(C)Cc2ccccc2OC)c1. The van der Waals surface area contributed by atoms with Gasteiger partial charge in [0, 0.05) is 23.1 Å². The number of hydrogen-bond donors (Lipinski definition) is 0. The Morgan fingerprint density at radius 1 is 0.952 bits per heavy atom. The molecule has 0 unspecified atom stereocenters. The number of benzene rings is 2. The number of methoxy groups -OCH3 is 2. The molecule has 3 nitrogen and oxygen atoms in total. The first kappa shape index (κ1) is 15.9. The quantitative estimate of drug-likeness (QED) is 0.783. The summed E-state index contributed by atoms with van der Waals surface area (Å²) in [5.74, 6) is 1.80. The lowest BCUT2D eigenvalue weighted by Gasteiger charge is -2.19. The summed E-state index contributed by atoms with van der Waals surface area (Å²) in [5, 5.41) is 0. The third kappa shape index (κ3) is 4.22. The molecule has 2 aromatic carbocycles. The van der Waals surface area contributed by atoms with Crippen molar-refractivity contribution in [2.45, 2.75) is 13.1 Å². The molecule has 2 rings (SSSR count). The molecule has 0 saturated carbocycles. The molecule has 0 heterocycles. The van der Waals surface area contributed by atoms with E-state index in [1.807, 2.05) is 30.3 Å². The number of para-hydroxylation sites is 1. The molecule has 0 radical (unpaired) electrons. The Bertz CT molecular complexity index is 601. The molecular weight excluding hydrogens is 330 g/mol. The Morgan fingerprint density at radius 2 is 1.67 bits per heavy atom. The van der Waals surface area contributed by atoms with Gasteiger partial charge in [0.2, 0.25) is 0 Å². The van der Waals surface area contributed by atoms with Gasteiger partial charge in [-0.25, -0.2) is 0 Å². The third-order valence-electron chi connectivity index (χ3n) is 3.33. The molecule has 0 N–H and O–H groups in total. The van der Waals surface area contributed by atoms with Crippen LogP contribution in [0.3, 0.4) is 0 Å². The largest absolute Gasteiger partial charge is 0.497 e. The van der Waals surface area contributed by atoms with Crippen molar-refractivity contribution in [1.29, 1.82) is 0 Å². The van der Waals surface area contributed by atoms with Crippen molar-refractivity contribution in [2.75, 3.05) is 21.3 Å². The van der Waals surface area contributed by atoms with Crippen LogP contribution in [0.4, 0.5) is 0 Å². The number of hydrogen-bond acceptors (Lipinski definition) is 3. The maximum atomic E-state index is 5.40. The predicted octanol–water partition coefficient (Wildman–Crippen LogP) is 4.10. The molecule has 0 aliphatic rings. The molecule has 2 aromatic rings. The first-order valence-electron chi connectivity index (χ1n) is 6.77. The van der Waals surface area contributed by atoms with Gasteiger partial charge in [0.25, 0.3) is 0 Å². The summed E-state index contributed by atoms with van der Waals surface area (Å²) in [6.45, 7) is 1.66. The molecular formula is C17H20BrNO2. The van der Waals surface area contributed by atoms with Crippen molar-refractivity contribution < 1.29 is 9.47 Å². The van der Waals surface area contributed by atoms with E-state index >= 15 is 0 Å². The second-order valence-corrected chi connectivity index (χ2v) is 5.80. The van der Waals surface area contributed by atoms with Crippen molar-refractivity contribution in [1.82, 2.24) is 4.90 Å². The Hall–Kier alpha value is -1.52. The van der Waals surface area contributed by atoms with Crippen LogP contribution in [0, 0.1) is 0 Å². The molecule has 4 heteroatoms. The summed E-state index contributed by atoms with van der Waals surface area (Å²) in [5.41, 5.74) is 2.38. The first-order valence-corrected chi connectivity index (χ1v) is 7.56. The Kier molecular flexibility index (Phi) is 5.65. The van der Waals surface area contributed by atoms with Crippen molar-refractivity contribution >= 4 is 15.9 Å². The van der Waals surface area contributed by atoms with E-state index in [1.54, 1.807) is 14.2 Å². The Morgan fingerprint density at radius 3 is 2.38 bits per heavy atom. The van der Waals surface area contributed by atoms with Gasteiger partial charge in [-0.1, -0.05) is 34.1 Å². The van der Waals surface area contributed by atoms with Crippen molar-refractivity contribution in [2.24, 2.45) is 0 Å². The van der Waals surface area contributed by atoms with Gasteiger partial charge >= 0.3 is 0 Å². The fourth-order valence-corrected chi connectivity index (χ4v) is 2.64. The van der Waals surface area contributed by atoms with Gasteiger partial charge in [-0.3, -0.25) is 4.90 Å². The zero-order valence-corrected chi connectivity index (χ0v) is 14.2. The number of rotatable bonds is 6. The van der Waals surface area contributed by atoms with Crippen molar-refractivity contribution in [3.8, 4) is 11.5 Å². The minimum atomic E-state index is 0.827. The fourth-order valence-electron chi connectivity index (χ4n) is 2.27. The number of nitrogens with zero attached hydrogens (tertiary/aromatic N) is 1. The first-order chi connectivity index (χ1) is 10.1. The molecule has 0 atom stereocenters. The lowest BCUT2D eigenvalue weighted by molar-refractivity contribution is 0.309. The predicted molar refractivity (Wildman–Crippen MR) is 88.9 cm³/mol. The summed E-state index contributed by atoms with van der Waals surface area (Å²) < 4.78 is 11.8. The van der Waals surface area contributed by atoms with Crippen molar-refractivity contribution in [3.05, 3.63) is 58.1 Å². The van der Waals surface area contributed by atoms with Crippen LogP contribution in [0.2, 0.25) is 0 Å². The van der Waals surface area contributed by atoms with E-state index in [0.717, 1.165) is 29.1 Å². The molecule has 112 valence electrons. The van der Waals surface area contributed by atoms with Gasteiger partial charge in [0.1, 0.15) is 11.5 Å². The monoisotopic (exact) mass is 349 g/mol. The van der Waals surface area contributed by atoms with E-state index < -0.39 is 0 Å². The van der Waals surface area contributed by atoms with E-state index in [9.17, 15) is 0 Å². The third-order valence-corrected chi connectivity index (χ3v) is 4.10. The zero-order chi connectivity index (χ0) is 15.2. The standard InChI is InChI=1S/C17H20BrNO2/c1-19(11-13-6-4-5-7-17(13)21-3)12-14-10-15(20-2)8-9-16(14)18/h4-10H,11-12H2,1-3H3. The highest BCUT2D eigenvalue weighted by atomic mass is 79.9. The minimum absolute atomic E-state index is 0.827. The smallest absolute Gasteiger partial charge is 0.123 e. The van der Waals surface area contributed by atoms with E-state index in [-0.39, 0.29) is 0 Å². The van der Waals surface area contributed by atoms with Crippen LogP contribution in [0.15, 0.2) is 46.9 Å². The molecule has 0 spiro atoms. The molecule has 0 fully saturated rings. The van der Waals surface area contributed by atoms with Gasteiger partial charge in [0.15, 0.2) is 0 Å². The summed E-state index contributed by atoms with van der Waals surface area (Å²) >= 11 is 3.59. The fraction of sp³-hybridized carbons (Fsp3) is 0.294. The molecule has 0 amide bonds. The number of halogens is 1. The van der Waals surface area contributed by atoms with Gasteiger partial charge < -0.3 is 9.47 Å². The molecule has 0 aliphatic carbocycles. The van der Waals surface area contributed by atoms with Crippen molar-refractivity contribution in [3.63, 3.8) is 0 Å². The summed E-state index contributed by atoms with van der Waals surface area (Å²) in [6.07, 6.45) is 0. The van der Waals surface area contributed by atoms with Gasteiger partial charge in [-0.2, -0.15) is 0 Å². The van der Waals surface area contributed by atoms with Crippen LogP contribution in [0.25, 0.3) is 0 Å². The van der Waals surface area contributed by atoms with E-state index in [1.165, 1.54) is 11.1 Å².